The highest BCUT2D eigenvalue weighted by Crippen LogP contribution is 2.35. The van der Waals surface area contributed by atoms with Crippen LogP contribution in [0.4, 0.5) is 0 Å². The quantitative estimate of drug-likeness (QED) is 0.913. The van der Waals surface area contributed by atoms with E-state index in [2.05, 4.69) is 20.9 Å². The largest absolute Gasteiger partial charge is 0.308 e. The van der Waals surface area contributed by atoms with Gasteiger partial charge >= 0.3 is 0 Å². The van der Waals surface area contributed by atoms with Gasteiger partial charge in [-0.15, -0.1) is 0 Å². The van der Waals surface area contributed by atoms with Gasteiger partial charge in [0.2, 0.25) is 0 Å². The van der Waals surface area contributed by atoms with Crippen LogP contribution in [0.25, 0.3) is 11.2 Å². The van der Waals surface area contributed by atoms with Gasteiger partial charge < -0.3 is 9.88 Å². The van der Waals surface area contributed by atoms with Crippen LogP contribution in [0.2, 0.25) is 0 Å². The third-order valence-electron chi connectivity index (χ3n) is 5.04. The molecule has 0 radical (unpaired) electrons. The molecule has 2 aromatic heterocycles. The maximum absolute atomic E-state index is 4.95. The monoisotopic (exact) mass is 284 g/mol. The van der Waals surface area contributed by atoms with Crippen molar-refractivity contribution < 1.29 is 0 Å². The van der Waals surface area contributed by atoms with E-state index in [1.807, 2.05) is 12.3 Å². The number of imidazole rings is 1. The first-order chi connectivity index (χ1) is 10.4. The summed E-state index contributed by atoms with van der Waals surface area (Å²) >= 11 is 0. The third kappa shape index (κ3) is 2.46. The van der Waals surface area contributed by atoms with Crippen LogP contribution in [0.5, 0.6) is 0 Å². The van der Waals surface area contributed by atoms with E-state index in [9.17, 15) is 0 Å². The van der Waals surface area contributed by atoms with Gasteiger partial charge in [-0.2, -0.15) is 0 Å². The average Bonchev–Trinajstić information content (AvgIpc) is 2.96. The van der Waals surface area contributed by atoms with Crippen molar-refractivity contribution in [1.82, 2.24) is 19.9 Å². The zero-order valence-corrected chi connectivity index (χ0v) is 12.6. The van der Waals surface area contributed by atoms with Crippen molar-refractivity contribution in [2.45, 2.75) is 63.5 Å². The van der Waals surface area contributed by atoms with Crippen LogP contribution in [0.15, 0.2) is 18.3 Å². The van der Waals surface area contributed by atoms with E-state index in [1.54, 1.807) is 0 Å². The van der Waals surface area contributed by atoms with Crippen LogP contribution in [0, 0.1) is 0 Å². The minimum absolute atomic E-state index is 0.412. The van der Waals surface area contributed by atoms with Gasteiger partial charge in [0.15, 0.2) is 5.65 Å². The number of nitrogens with zero attached hydrogens (tertiary/aromatic N) is 3. The van der Waals surface area contributed by atoms with Gasteiger partial charge in [-0.25, -0.2) is 9.97 Å². The maximum Gasteiger partial charge on any atom is 0.160 e. The molecule has 21 heavy (non-hydrogen) atoms. The topological polar surface area (TPSA) is 42.7 Å². The van der Waals surface area contributed by atoms with Crippen molar-refractivity contribution in [3.05, 3.63) is 24.2 Å². The lowest BCUT2D eigenvalue weighted by atomic mass is 9.94. The second-order valence-electron chi connectivity index (χ2n) is 6.48. The van der Waals surface area contributed by atoms with Crippen molar-refractivity contribution in [3.8, 4) is 0 Å². The average molecular weight is 284 g/mol. The summed E-state index contributed by atoms with van der Waals surface area (Å²) in [5.74, 6) is 1.23. The molecule has 112 valence electrons. The number of piperidine rings is 1. The number of pyridine rings is 1. The molecule has 2 fully saturated rings. The highest BCUT2D eigenvalue weighted by atomic mass is 15.2. The summed E-state index contributed by atoms with van der Waals surface area (Å²) in [6, 6.07) is 5.11. The minimum Gasteiger partial charge on any atom is -0.308 e. The molecule has 4 heteroatoms. The molecule has 0 amide bonds. The Morgan fingerprint density at radius 3 is 2.71 bits per heavy atom. The molecule has 4 nitrogen and oxygen atoms in total. The molecule has 1 saturated heterocycles. The second-order valence-corrected chi connectivity index (χ2v) is 6.48. The molecule has 1 aliphatic heterocycles. The van der Waals surface area contributed by atoms with Crippen LogP contribution in [-0.2, 0) is 0 Å². The highest BCUT2D eigenvalue weighted by molar-refractivity contribution is 5.71. The Morgan fingerprint density at radius 1 is 1.05 bits per heavy atom. The summed E-state index contributed by atoms with van der Waals surface area (Å²) < 4.78 is 2.47. The Bertz CT molecular complexity index is 606. The Balaban J connectivity index is 1.79. The number of hydrogen-bond acceptors (Lipinski definition) is 3. The molecular formula is C17H24N4. The summed E-state index contributed by atoms with van der Waals surface area (Å²) in [5, 5.41) is 3.66. The fraction of sp³-hybridized carbons (Fsp3) is 0.647. The molecular weight excluding hydrogens is 260 g/mol. The van der Waals surface area contributed by atoms with Crippen LogP contribution in [-0.4, -0.2) is 21.1 Å². The zero-order chi connectivity index (χ0) is 14.1. The number of nitrogens with one attached hydrogen (secondary N) is 1. The number of hydrogen-bond donors (Lipinski definition) is 1. The smallest absolute Gasteiger partial charge is 0.160 e. The van der Waals surface area contributed by atoms with Gasteiger partial charge in [0, 0.05) is 12.2 Å². The molecule has 1 N–H and O–H groups in total. The second kappa shape index (κ2) is 5.76. The number of rotatable bonds is 2. The Hall–Kier alpha value is -1.42. The van der Waals surface area contributed by atoms with E-state index < -0.39 is 0 Å². The lowest BCUT2D eigenvalue weighted by Crippen LogP contribution is -2.30. The van der Waals surface area contributed by atoms with E-state index in [-0.39, 0.29) is 0 Å². The Labute approximate surface area is 126 Å². The van der Waals surface area contributed by atoms with Crippen molar-refractivity contribution >= 4 is 11.2 Å². The normalized spacial score (nSPS) is 24.5. The summed E-state index contributed by atoms with van der Waals surface area (Å²) in [7, 11) is 0. The van der Waals surface area contributed by atoms with Crippen LogP contribution in [0.1, 0.15) is 69.3 Å². The summed E-state index contributed by atoms with van der Waals surface area (Å²) in [5.41, 5.74) is 2.15. The van der Waals surface area contributed by atoms with E-state index in [0.29, 0.717) is 12.1 Å². The first-order valence-corrected chi connectivity index (χ1v) is 8.50. The Morgan fingerprint density at radius 2 is 1.90 bits per heavy atom. The van der Waals surface area contributed by atoms with Gasteiger partial charge in [-0.05, 0) is 44.4 Å². The summed E-state index contributed by atoms with van der Waals surface area (Å²) in [6.07, 6.45) is 12.3. The maximum atomic E-state index is 4.95. The Kier molecular flexibility index (Phi) is 3.63. The van der Waals surface area contributed by atoms with E-state index in [1.165, 1.54) is 57.2 Å². The van der Waals surface area contributed by atoms with Crippen LogP contribution >= 0.6 is 0 Å². The predicted molar refractivity (Wildman–Crippen MR) is 84.2 cm³/mol. The predicted octanol–water partition coefficient (Wildman–Crippen LogP) is 3.75. The van der Waals surface area contributed by atoms with Gasteiger partial charge in [0.1, 0.15) is 11.3 Å². The lowest BCUT2D eigenvalue weighted by Gasteiger charge is -2.29. The molecule has 1 unspecified atom stereocenters. The van der Waals surface area contributed by atoms with Crippen molar-refractivity contribution in [3.63, 3.8) is 0 Å². The first-order valence-electron chi connectivity index (χ1n) is 8.50. The molecule has 0 bridgehead atoms. The number of fused-ring (bicyclic) bond motifs is 1. The lowest BCUT2D eigenvalue weighted by molar-refractivity contribution is 0.324. The first kappa shape index (κ1) is 13.3. The van der Waals surface area contributed by atoms with Crippen molar-refractivity contribution in [2.24, 2.45) is 0 Å². The zero-order valence-electron chi connectivity index (χ0n) is 12.6. The SMILES string of the molecule is c1cnc2c(c1)nc(C1CCCCN1)n2C1CCCCC1. The molecule has 2 aromatic rings. The van der Waals surface area contributed by atoms with Gasteiger partial charge in [-0.1, -0.05) is 25.7 Å². The van der Waals surface area contributed by atoms with Crippen LogP contribution in [0.3, 0.4) is 0 Å². The molecule has 4 rings (SSSR count). The van der Waals surface area contributed by atoms with Crippen molar-refractivity contribution in [2.75, 3.05) is 6.54 Å². The molecule has 1 aliphatic carbocycles. The summed E-state index contributed by atoms with van der Waals surface area (Å²) in [6.45, 7) is 1.12. The highest BCUT2D eigenvalue weighted by Gasteiger charge is 2.27. The van der Waals surface area contributed by atoms with Crippen LogP contribution < -0.4 is 5.32 Å². The van der Waals surface area contributed by atoms with E-state index >= 15 is 0 Å². The van der Waals surface area contributed by atoms with E-state index in [0.717, 1.165) is 17.7 Å². The summed E-state index contributed by atoms with van der Waals surface area (Å²) in [4.78, 5) is 9.59. The fourth-order valence-electron chi connectivity index (χ4n) is 3.96. The van der Waals surface area contributed by atoms with E-state index in [4.69, 9.17) is 4.98 Å². The molecule has 1 saturated carbocycles. The van der Waals surface area contributed by atoms with Gasteiger partial charge in [0.25, 0.3) is 0 Å². The number of aromatic nitrogens is 3. The van der Waals surface area contributed by atoms with Crippen molar-refractivity contribution in [1.29, 1.82) is 0 Å². The van der Waals surface area contributed by atoms with Gasteiger partial charge in [-0.3, -0.25) is 0 Å². The minimum atomic E-state index is 0.412. The van der Waals surface area contributed by atoms with Gasteiger partial charge in [0.05, 0.1) is 6.04 Å². The molecule has 0 spiro atoms. The molecule has 1 atom stereocenters. The molecule has 3 heterocycles. The molecule has 0 aromatic carbocycles. The standard InChI is InChI=1S/C17H24N4/c1-2-7-13(8-3-1)21-16-15(10-6-12-19-16)20-17(21)14-9-4-5-11-18-14/h6,10,12-14,18H,1-5,7-9,11H2. The fourth-order valence-corrected chi connectivity index (χ4v) is 3.96. The third-order valence-corrected chi connectivity index (χ3v) is 5.04. The molecule has 2 aliphatic rings.